The summed E-state index contributed by atoms with van der Waals surface area (Å²) in [5.74, 6) is -1.92. The van der Waals surface area contributed by atoms with Crippen molar-refractivity contribution >= 4 is 16.9 Å². The minimum Gasteiger partial charge on any atom is -0.481 e. The Bertz CT molecular complexity index is 686. The molecular weight excluding hydrogens is 283 g/mol. The van der Waals surface area contributed by atoms with E-state index in [0.29, 0.717) is 16.5 Å². The van der Waals surface area contributed by atoms with Crippen molar-refractivity contribution in [1.82, 2.24) is 4.57 Å². The number of nitrogens with zero attached hydrogens (tertiary/aromatic N) is 1. The van der Waals surface area contributed by atoms with E-state index in [-0.39, 0.29) is 6.04 Å². The second kappa shape index (κ2) is 5.09. The number of benzene rings is 1. The summed E-state index contributed by atoms with van der Waals surface area (Å²) in [6.07, 6.45) is -2.81. The van der Waals surface area contributed by atoms with E-state index in [9.17, 15) is 18.0 Å². The summed E-state index contributed by atoms with van der Waals surface area (Å²) in [5, 5.41) is 9.48. The lowest BCUT2D eigenvalue weighted by Crippen LogP contribution is -2.07. The summed E-state index contributed by atoms with van der Waals surface area (Å²) in [6.45, 7) is 5.26. The first kappa shape index (κ1) is 15.4. The number of carboxylic acid groups (broad SMARTS) is 1. The van der Waals surface area contributed by atoms with Crippen molar-refractivity contribution in [2.24, 2.45) is 0 Å². The van der Waals surface area contributed by atoms with Crippen molar-refractivity contribution < 1.29 is 23.1 Å². The summed E-state index contributed by atoms with van der Waals surface area (Å²) in [7, 11) is 0. The van der Waals surface area contributed by atoms with Crippen molar-refractivity contribution in [3.8, 4) is 0 Å². The molecule has 0 bridgehead atoms. The van der Waals surface area contributed by atoms with E-state index < -0.39 is 23.6 Å². The van der Waals surface area contributed by atoms with Crippen molar-refractivity contribution in [3.63, 3.8) is 0 Å². The van der Waals surface area contributed by atoms with Crippen LogP contribution in [0.25, 0.3) is 10.9 Å². The third kappa shape index (κ3) is 2.75. The molecule has 0 aliphatic heterocycles. The number of carbonyl (C=O) groups is 1. The molecule has 0 saturated heterocycles. The first-order valence-corrected chi connectivity index (χ1v) is 6.57. The van der Waals surface area contributed by atoms with Crippen LogP contribution in [-0.4, -0.2) is 15.6 Å². The second-order valence-electron chi connectivity index (χ2n) is 5.38. The van der Waals surface area contributed by atoms with Gasteiger partial charge in [0.05, 0.1) is 11.5 Å². The second-order valence-corrected chi connectivity index (χ2v) is 5.38. The number of alkyl halides is 3. The Balaban J connectivity index is 2.75. The first-order chi connectivity index (χ1) is 9.62. The van der Waals surface area contributed by atoms with Gasteiger partial charge in [-0.15, -0.1) is 0 Å². The fraction of sp³-hybridized carbons (Fsp3) is 0.400. The minimum atomic E-state index is -4.45. The van der Waals surface area contributed by atoms with Crippen LogP contribution < -0.4 is 0 Å². The van der Waals surface area contributed by atoms with Gasteiger partial charge in [0.15, 0.2) is 0 Å². The molecule has 0 radical (unpaired) electrons. The zero-order valence-corrected chi connectivity index (χ0v) is 11.9. The summed E-state index contributed by atoms with van der Waals surface area (Å²) in [6, 6.07) is 3.48. The van der Waals surface area contributed by atoms with Crippen LogP contribution >= 0.6 is 0 Å². The number of halogens is 3. The molecule has 1 aromatic heterocycles. The van der Waals surface area contributed by atoms with Gasteiger partial charge in [0.25, 0.3) is 0 Å². The van der Waals surface area contributed by atoms with Crippen molar-refractivity contribution in [2.45, 2.75) is 38.9 Å². The lowest BCUT2D eigenvalue weighted by atomic mass is 9.99. The predicted molar refractivity (Wildman–Crippen MR) is 73.4 cm³/mol. The van der Waals surface area contributed by atoms with Crippen LogP contribution in [0.4, 0.5) is 13.2 Å². The molecular formula is C15H16F3NO2. The number of fused-ring (bicyclic) bond motifs is 1. The highest BCUT2D eigenvalue weighted by Crippen LogP contribution is 2.36. The lowest BCUT2D eigenvalue weighted by Gasteiger charge is -2.10. The molecule has 114 valence electrons. The van der Waals surface area contributed by atoms with E-state index in [4.69, 9.17) is 5.11 Å². The average Bonchev–Trinajstić information content (AvgIpc) is 2.75. The molecule has 1 heterocycles. The fourth-order valence-corrected chi connectivity index (χ4v) is 2.36. The molecule has 2 rings (SSSR count). The molecule has 0 fully saturated rings. The highest BCUT2D eigenvalue weighted by atomic mass is 19.4. The Labute approximate surface area is 120 Å². The van der Waals surface area contributed by atoms with Gasteiger partial charge in [0, 0.05) is 23.1 Å². The Morgan fingerprint density at radius 2 is 1.86 bits per heavy atom. The molecule has 1 atom stereocenters. The van der Waals surface area contributed by atoms with Crippen LogP contribution in [0.3, 0.4) is 0 Å². The maximum Gasteiger partial charge on any atom is 0.416 e. The largest absolute Gasteiger partial charge is 0.481 e. The van der Waals surface area contributed by atoms with E-state index in [0.717, 1.165) is 12.1 Å². The van der Waals surface area contributed by atoms with Crippen LogP contribution in [0.2, 0.25) is 0 Å². The Kier molecular flexibility index (Phi) is 3.74. The number of aromatic nitrogens is 1. The van der Waals surface area contributed by atoms with Gasteiger partial charge in [0.2, 0.25) is 0 Å². The van der Waals surface area contributed by atoms with Crippen LogP contribution in [0.15, 0.2) is 24.4 Å². The van der Waals surface area contributed by atoms with Crippen LogP contribution in [-0.2, 0) is 11.0 Å². The van der Waals surface area contributed by atoms with Gasteiger partial charge >= 0.3 is 12.1 Å². The standard InChI is InChI=1S/C15H16F3NO2/c1-8(2)19-7-12(9(3)14(20)21)11-6-10(15(16,17)18)4-5-13(11)19/h4-9H,1-3H3,(H,20,21). The number of carboxylic acids is 1. The molecule has 6 heteroatoms. The predicted octanol–water partition coefficient (Wildman–Crippen LogP) is 4.43. The molecule has 2 aromatic rings. The van der Waals surface area contributed by atoms with E-state index in [1.807, 2.05) is 13.8 Å². The summed E-state index contributed by atoms with van der Waals surface area (Å²) >= 11 is 0. The van der Waals surface area contributed by atoms with Gasteiger partial charge in [-0.2, -0.15) is 13.2 Å². The molecule has 0 aliphatic rings. The molecule has 21 heavy (non-hydrogen) atoms. The Hall–Kier alpha value is -1.98. The van der Waals surface area contributed by atoms with Crippen LogP contribution in [0.5, 0.6) is 0 Å². The number of hydrogen-bond donors (Lipinski definition) is 1. The Morgan fingerprint density at radius 1 is 1.24 bits per heavy atom. The van der Waals surface area contributed by atoms with Crippen molar-refractivity contribution in [3.05, 3.63) is 35.5 Å². The lowest BCUT2D eigenvalue weighted by molar-refractivity contribution is -0.138. The zero-order valence-electron chi connectivity index (χ0n) is 11.9. The smallest absolute Gasteiger partial charge is 0.416 e. The van der Waals surface area contributed by atoms with Gasteiger partial charge in [-0.3, -0.25) is 4.79 Å². The number of rotatable bonds is 3. The first-order valence-electron chi connectivity index (χ1n) is 6.57. The summed E-state index contributed by atoms with van der Waals surface area (Å²) in [5.41, 5.74) is 0.244. The topological polar surface area (TPSA) is 42.2 Å². The minimum absolute atomic E-state index is 0.0268. The van der Waals surface area contributed by atoms with Gasteiger partial charge in [-0.25, -0.2) is 0 Å². The third-order valence-electron chi connectivity index (χ3n) is 3.58. The summed E-state index contributed by atoms with van der Waals surface area (Å²) in [4.78, 5) is 11.2. The average molecular weight is 299 g/mol. The van der Waals surface area contributed by atoms with Crippen LogP contribution in [0, 0.1) is 0 Å². The summed E-state index contributed by atoms with van der Waals surface area (Å²) < 4.78 is 40.3. The van der Waals surface area contributed by atoms with E-state index in [2.05, 4.69) is 0 Å². The molecule has 0 amide bonds. The van der Waals surface area contributed by atoms with Crippen molar-refractivity contribution in [2.75, 3.05) is 0 Å². The van der Waals surface area contributed by atoms with E-state index in [1.165, 1.54) is 13.0 Å². The van der Waals surface area contributed by atoms with Gasteiger partial charge in [0.1, 0.15) is 0 Å². The molecule has 1 unspecified atom stereocenters. The molecule has 3 nitrogen and oxygen atoms in total. The molecule has 0 spiro atoms. The number of hydrogen-bond acceptors (Lipinski definition) is 1. The van der Waals surface area contributed by atoms with Crippen LogP contribution in [0.1, 0.15) is 43.9 Å². The zero-order chi connectivity index (χ0) is 15.9. The van der Waals surface area contributed by atoms with Crippen molar-refractivity contribution in [1.29, 1.82) is 0 Å². The Morgan fingerprint density at radius 3 is 2.33 bits per heavy atom. The van der Waals surface area contributed by atoms with Gasteiger partial charge < -0.3 is 9.67 Å². The van der Waals surface area contributed by atoms with Gasteiger partial charge in [-0.1, -0.05) is 0 Å². The highest BCUT2D eigenvalue weighted by Gasteiger charge is 2.31. The molecule has 1 aromatic carbocycles. The SMILES string of the molecule is CC(C(=O)O)c1cn(C(C)C)c2ccc(C(F)(F)F)cc12. The number of aliphatic carboxylic acids is 1. The van der Waals surface area contributed by atoms with E-state index in [1.54, 1.807) is 10.8 Å². The maximum atomic E-state index is 12.8. The molecule has 0 aliphatic carbocycles. The third-order valence-corrected chi connectivity index (χ3v) is 3.58. The highest BCUT2D eigenvalue weighted by molar-refractivity contribution is 5.90. The monoisotopic (exact) mass is 299 g/mol. The molecule has 0 saturated carbocycles. The maximum absolute atomic E-state index is 12.8. The van der Waals surface area contributed by atoms with E-state index >= 15 is 0 Å². The molecule has 1 N–H and O–H groups in total. The van der Waals surface area contributed by atoms with Gasteiger partial charge in [-0.05, 0) is 44.5 Å². The normalized spacial score (nSPS) is 13.9. The fourth-order valence-electron chi connectivity index (χ4n) is 2.36. The quantitative estimate of drug-likeness (QED) is 0.911.